The number of hydrogen-bond donors (Lipinski definition) is 1. The van der Waals surface area contributed by atoms with Gasteiger partial charge in [-0.05, 0) is 28.1 Å². The molecule has 0 spiro atoms. The number of aliphatic hydroxyl groups is 1. The van der Waals surface area contributed by atoms with Gasteiger partial charge in [0.25, 0.3) is 0 Å². The molecular formula is C18H28O3. The monoisotopic (exact) mass is 292 g/mol. The lowest BCUT2D eigenvalue weighted by Gasteiger charge is -2.38. The molecule has 1 unspecified atom stereocenters. The molecule has 1 aliphatic carbocycles. The Kier molecular flexibility index (Phi) is 4.76. The molecule has 1 aliphatic rings. The topological polar surface area (TPSA) is 46.5 Å². The highest BCUT2D eigenvalue weighted by Gasteiger charge is 2.39. The number of rotatable bonds is 2. The molecule has 1 N–H and O–H groups in total. The van der Waals surface area contributed by atoms with Crippen LogP contribution < -0.4 is 0 Å². The van der Waals surface area contributed by atoms with E-state index >= 15 is 0 Å². The van der Waals surface area contributed by atoms with Gasteiger partial charge in [0.05, 0.1) is 0 Å². The molecule has 118 valence electrons. The summed E-state index contributed by atoms with van der Waals surface area (Å²) in [6.07, 6.45) is 2.07. The minimum absolute atomic E-state index is 0.213. The minimum atomic E-state index is -0.287. The molecule has 0 aromatic heterocycles. The first-order valence-electron chi connectivity index (χ1n) is 7.44. The highest BCUT2D eigenvalue weighted by atomic mass is 16.5. The third-order valence-electron chi connectivity index (χ3n) is 3.68. The van der Waals surface area contributed by atoms with Crippen molar-refractivity contribution in [3.8, 4) is 0 Å². The van der Waals surface area contributed by atoms with Gasteiger partial charge >= 0.3 is 5.97 Å². The van der Waals surface area contributed by atoms with Crippen LogP contribution in [0.2, 0.25) is 0 Å². The van der Waals surface area contributed by atoms with E-state index < -0.39 is 0 Å². The van der Waals surface area contributed by atoms with Crippen molar-refractivity contribution in [3.05, 3.63) is 35.3 Å². The number of hydrogen-bond acceptors (Lipinski definition) is 3. The maximum atomic E-state index is 11.6. The fourth-order valence-electron chi connectivity index (χ4n) is 2.58. The van der Waals surface area contributed by atoms with Gasteiger partial charge in [-0.1, -0.05) is 55.0 Å². The molecule has 3 heteroatoms. The molecule has 0 aromatic rings. The van der Waals surface area contributed by atoms with Crippen LogP contribution in [0.1, 0.15) is 54.9 Å². The summed E-state index contributed by atoms with van der Waals surface area (Å²) >= 11 is 0. The van der Waals surface area contributed by atoms with E-state index in [1.807, 2.05) is 41.5 Å². The Morgan fingerprint density at radius 3 is 2.19 bits per heavy atom. The molecule has 21 heavy (non-hydrogen) atoms. The maximum absolute atomic E-state index is 11.6. The summed E-state index contributed by atoms with van der Waals surface area (Å²) in [7, 11) is 0. The first-order chi connectivity index (χ1) is 9.39. The van der Waals surface area contributed by atoms with Crippen molar-refractivity contribution in [3.63, 3.8) is 0 Å². The molecule has 1 rings (SSSR count). The lowest BCUT2D eigenvalue weighted by atomic mass is 9.68. The second kappa shape index (κ2) is 5.70. The summed E-state index contributed by atoms with van der Waals surface area (Å²) in [6.45, 7) is 18.0. The zero-order chi connectivity index (χ0) is 16.6. The maximum Gasteiger partial charge on any atom is 0.310 e. The molecular weight excluding hydrogens is 264 g/mol. The first-order valence-corrected chi connectivity index (χ1v) is 7.44. The van der Waals surface area contributed by atoms with Crippen LogP contribution in [-0.4, -0.2) is 11.1 Å². The zero-order valence-electron chi connectivity index (χ0n) is 14.3. The Morgan fingerprint density at radius 2 is 1.81 bits per heavy atom. The van der Waals surface area contributed by atoms with Crippen LogP contribution in [0.15, 0.2) is 35.3 Å². The van der Waals surface area contributed by atoms with Gasteiger partial charge in [-0.2, -0.15) is 0 Å². The van der Waals surface area contributed by atoms with Crippen LogP contribution in [-0.2, 0) is 9.53 Å². The predicted molar refractivity (Wildman–Crippen MR) is 85.7 cm³/mol. The van der Waals surface area contributed by atoms with E-state index in [1.165, 1.54) is 0 Å². The van der Waals surface area contributed by atoms with E-state index in [9.17, 15) is 9.90 Å². The van der Waals surface area contributed by atoms with Gasteiger partial charge in [0.2, 0.25) is 0 Å². The lowest BCUT2D eigenvalue weighted by molar-refractivity contribution is -0.138. The molecule has 1 atom stereocenters. The Labute approximate surface area is 128 Å². The first kappa shape index (κ1) is 17.5. The highest BCUT2D eigenvalue weighted by molar-refractivity contribution is 5.71. The van der Waals surface area contributed by atoms with E-state index in [0.29, 0.717) is 23.5 Å². The second-order valence-corrected chi connectivity index (χ2v) is 7.71. The van der Waals surface area contributed by atoms with Crippen molar-refractivity contribution in [2.75, 3.05) is 0 Å². The quantitative estimate of drug-likeness (QED) is 0.735. The van der Waals surface area contributed by atoms with E-state index in [1.54, 1.807) is 13.0 Å². The normalized spacial score (nSPS) is 20.4. The summed E-state index contributed by atoms with van der Waals surface area (Å²) in [5.41, 5.74) is 1.01. The van der Waals surface area contributed by atoms with E-state index in [2.05, 4.69) is 6.58 Å². The third kappa shape index (κ3) is 3.78. The number of esters is 1. The molecule has 0 aliphatic heterocycles. The number of aliphatic hydroxyl groups excluding tert-OH is 1. The minimum Gasteiger partial charge on any atom is -0.511 e. The Bertz CT molecular complexity index is 508. The predicted octanol–water partition coefficient (Wildman–Crippen LogP) is 4.91. The van der Waals surface area contributed by atoms with Crippen LogP contribution in [0, 0.1) is 16.7 Å². The SMILES string of the molecule is C=C1C(OC(=O)CC)=CC(C(C)(C)C)=C(O)C1C(C)(C)C. The summed E-state index contributed by atoms with van der Waals surface area (Å²) in [5, 5.41) is 10.7. The largest absolute Gasteiger partial charge is 0.511 e. The summed E-state index contributed by atoms with van der Waals surface area (Å²) in [5.74, 6) is 0.266. The number of carbonyl (C=O) groups is 1. The van der Waals surface area contributed by atoms with Gasteiger partial charge < -0.3 is 9.84 Å². The van der Waals surface area contributed by atoms with E-state index in [4.69, 9.17) is 4.74 Å². The number of allylic oxidation sites excluding steroid dienone is 4. The van der Waals surface area contributed by atoms with Gasteiger partial charge in [0, 0.05) is 12.3 Å². The van der Waals surface area contributed by atoms with Gasteiger partial charge in [-0.15, -0.1) is 0 Å². The molecule has 0 amide bonds. The zero-order valence-corrected chi connectivity index (χ0v) is 14.3. The molecule has 3 nitrogen and oxygen atoms in total. The Hall–Kier alpha value is -1.51. The van der Waals surface area contributed by atoms with Crippen molar-refractivity contribution in [1.29, 1.82) is 0 Å². The number of carbonyl (C=O) groups excluding carboxylic acids is 1. The highest BCUT2D eigenvalue weighted by Crippen LogP contribution is 2.47. The van der Waals surface area contributed by atoms with Crippen LogP contribution in [0.4, 0.5) is 0 Å². The Balaban J connectivity index is 3.41. The van der Waals surface area contributed by atoms with Crippen molar-refractivity contribution in [1.82, 2.24) is 0 Å². The molecule has 0 bridgehead atoms. The molecule has 0 saturated carbocycles. The average Bonchev–Trinajstić information content (AvgIpc) is 2.29. The summed E-state index contributed by atoms with van der Waals surface area (Å²) < 4.78 is 5.43. The Morgan fingerprint density at radius 1 is 1.29 bits per heavy atom. The van der Waals surface area contributed by atoms with E-state index in [-0.39, 0.29) is 22.7 Å². The van der Waals surface area contributed by atoms with E-state index in [0.717, 1.165) is 5.57 Å². The van der Waals surface area contributed by atoms with Gasteiger partial charge in [-0.25, -0.2) is 0 Å². The molecule has 0 fully saturated rings. The van der Waals surface area contributed by atoms with Crippen LogP contribution in [0.5, 0.6) is 0 Å². The second-order valence-electron chi connectivity index (χ2n) is 7.71. The van der Waals surface area contributed by atoms with Crippen LogP contribution >= 0.6 is 0 Å². The lowest BCUT2D eigenvalue weighted by Crippen LogP contribution is -2.31. The van der Waals surface area contributed by atoms with Crippen LogP contribution in [0.25, 0.3) is 0 Å². The number of ether oxygens (including phenoxy) is 1. The van der Waals surface area contributed by atoms with Crippen molar-refractivity contribution < 1.29 is 14.6 Å². The fourth-order valence-corrected chi connectivity index (χ4v) is 2.58. The third-order valence-corrected chi connectivity index (χ3v) is 3.68. The van der Waals surface area contributed by atoms with Gasteiger partial charge in [0.15, 0.2) is 0 Å². The molecule has 0 heterocycles. The van der Waals surface area contributed by atoms with Crippen molar-refractivity contribution in [2.45, 2.75) is 54.9 Å². The van der Waals surface area contributed by atoms with Gasteiger partial charge in [-0.3, -0.25) is 4.79 Å². The smallest absolute Gasteiger partial charge is 0.310 e. The molecule has 0 radical (unpaired) electrons. The molecule has 0 saturated heterocycles. The van der Waals surface area contributed by atoms with Gasteiger partial charge in [0.1, 0.15) is 11.5 Å². The van der Waals surface area contributed by atoms with Crippen molar-refractivity contribution in [2.24, 2.45) is 16.7 Å². The fraction of sp³-hybridized carbons (Fsp3) is 0.611. The summed E-state index contributed by atoms with van der Waals surface area (Å²) in [6, 6.07) is 0. The van der Waals surface area contributed by atoms with Crippen LogP contribution in [0.3, 0.4) is 0 Å². The average molecular weight is 292 g/mol. The summed E-state index contributed by atoms with van der Waals surface area (Å²) in [4.78, 5) is 11.6. The van der Waals surface area contributed by atoms with Crippen molar-refractivity contribution >= 4 is 5.97 Å². The standard InChI is InChI=1S/C18H28O3/c1-9-14(19)21-13-10-12(17(3,4)5)16(20)15(11(13)2)18(6,7)8/h10,15,20H,2,9H2,1,3-8H3. The molecule has 0 aromatic carbocycles.